The summed E-state index contributed by atoms with van der Waals surface area (Å²) in [5, 5.41) is 3.49. The molecule has 0 bridgehead atoms. The van der Waals surface area contributed by atoms with E-state index in [1.54, 1.807) is 50.2 Å². The number of sulfonamides is 1. The third-order valence-electron chi connectivity index (χ3n) is 6.63. The molecule has 1 atom stereocenters. The van der Waals surface area contributed by atoms with Crippen molar-refractivity contribution in [3.05, 3.63) is 93.0 Å². The highest BCUT2D eigenvalue weighted by atomic mass is 35.5. The van der Waals surface area contributed by atoms with Gasteiger partial charge in [-0.2, -0.15) is 0 Å². The molecule has 0 saturated heterocycles. The Hall–Kier alpha value is -3.07. The maximum absolute atomic E-state index is 14.1. The molecule has 0 radical (unpaired) electrons. The monoisotopic (exact) mass is 603 g/mol. The zero-order chi connectivity index (χ0) is 29.6. The number of nitrogens with one attached hydrogen (secondary N) is 1. The second-order valence-electron chi connectivity index (χ2n) is 9.80. The summed E-state index contributed by atoms with van der Waals surface area (Å²) in [6, 6.07) is 16.0. The molecule has 0 unspecified atom stereocenters. The van der Waals surface area contributed by atoms with E-state index in [1.165, 1.54) is 17.0 Å². The fourth-order valence-corrected chi connectivity index (χ4v) is 6.16. The van der Waals surface area contributed by atoms with Crippen LogP contribution in [0.25, 0.3) is 0 Å². The maximum atomic E-state index is 14.1. The van der Waals surface area contributed by atoms with Crippen LogP contribution in [0.15, 0.2) is 65.6 Å². The Labute approximate surface area is 247 Å². The van der Waals surface area contributed by atoms with Crippen LogP contribution in [0.3, 0.4) is 0 Å². The first-order valence-electron chi connectivity index (χ1n) is 13.0. The van der Waals surface area contributed by atoms with Crippen LogP contribution < -0.4 is 9.62 Å². The average molecular weight is 605 g/mol. The second-order valence-corrected chi connectivity index (χ2v) is 12.5. The molecule has 1 N–H and O–H groups in total. The summed E-state index contributed by atoms with van der Waals surface area (Å²) in [5.74, 6) is -0.940. The first kappa shape index (κ1) is 31.5. The SMILES string of the molecule is CCCNC(=O)[C@@H](C)N(Cc1c(Cl)cccc1Cl)C(=O)CN(c1cc(C)ccc1C)S(=O)(=O)c1ccc(C)cc1. The van der Waals surface area contributed by atoms with Gasteiger partial charge in [0, 0.05) is 28.7 Å². The van der Waals surface area contributed by atoms with E-state index in [1.807, 2.05) is 32.9 Å². The summed E-state index contributed by atoms with van der Waals surface area (Å²) in [5.41, 5.74) is 3.28. The quantitative estimate of drug-likeness (QED) is 0.289. The molecule has 0 fully saturated rings. The molecule has 3 aromatic rings. The molecule has 3 rings (SSSR count). The molecule has 0 spiro atoms. The number of rotatable bonds is 11. The molecular weight excluding hydrogens is 569 g/mol. The van der Waals surface area contributed by atoms with Crippen LogP contribution in [0.1, 0.15) is 42.5 Å². The fraction of sp³-hybridized carbons (Fsp3) is 0.333. The van der Waals surface area contributed by atoms with Crippen molar-refractivity contribution >= 4 is 50.7 Å². The molecule has 10 heteroatoms. The van der Waals surface area contributed by atoms with E-state index < -0.39 is 28.5 Å². The molecule has 0 aliphatic carbocycles. The smallest absolute Gasteiger partial charge is 0.264 e. The predicted octanol–water partition coefficient (Wildman–Crippen LogP) is 6.06. The number of carbonyl (C=O) groups excluding carboxylic acids is 2. The minimum atomic E-state index is -4.15. The lowest BCUT2D eigenvalue weighted by Gasteiger charge is -2.33. The van der Waals surface area contributed by atoms with Crippen molar-refractivity contribution in [3.8, 4) is 0 Å². The summed E-state index contributed by atoms with van der Waals surface area (Å²) >= 11 is 12.8. The number of aryl methyl sites for hydroxylation is 3. The van der Waals surface area contributed by atoms with Gasteiger partial charge < -0.3 is 10.2 Å². The third kappa shape index (κ3) is 7.36. The van der Waals surface area contributed by atoms with Gasteiger partial charge in [0.2, 0.25) is 11.8 Å². The molecule has 0 saturated carbocycles. The van der Waals surface area contributed by atoms with Gasteiger partial charge in [-0.3, -0.25) is 13.9 Å². The third-order valence-corrected chi connectivity index (χ3v) is 9.11. The number of carbonyl (C=O) groups is 2. The average Bonchev–Trinajstić information content (AvgIpc) is 2.91. The van der Waals surface area contributed by atoms with E-state index in [0.717, 1.165) is 21.9 Å². The van der Waals surface area contributed by atoms with E-state index in [2.05, 4.69) is 5.32 Å². The molecule has 2 amide bonds. The van der Waals surface area contributed by atoms with Crippen molar-refractivity contribution < 1.29 is 18.0 Å². The lowest BCUT2D eigenvalue weighted by Crippen LogP contribution is -2.51. The summed E-state index contributed by atoms with van der Waals surface area (Å²) in [6.45, 7) is 8.86. The topological polar surface area (TPSA) is 86.8 Å². The van der Waals surface area contributed by atoms with Gasteiger partial charge in [0.15, 0.2) is 0 Å². The van der Waals surface area contributed by atoms with E-state index >= 15 is 0 Å². The summed E-state index contributed by atoms with van der Waals surface area (Å²) in [7, 11) is -4.15. The van der Waals surface area contributed by atoms with Crippen LogP contribution in [0, 0.1) is 20.8 Å². The Bertz CT molecular complexity index is 1460. The molecule has 214 valence electrons. The van der Waals surface area contributed by atoms with Crippen LogP contribution in [-0.4, -0.2) is 44.3 Å². The number of hydrogen-bond donors (Lipinski definition) is 1. The van der Waals surface area contributed by atoms with Gasteiger partial charge in [-0.25, -0.2) is 8.42 Å². The number of anilines is 1. The van der Waals surface area contributed by atoms with Crippen LogP contribution in [0.5, 0.6) is 0 Å². The Morgan fingerprint density at radius 2 is 1.52 bits per heavy atom. The number of benzene rings is 3. The molecule has 0 aromatic heterocycles. The zero-order valence-electron chi connectivity index (χ0n) is 23.4. The highest BCUT2D eigenvalue weighted by molar-refractivity contribution is 7.92. The van der Waals surface area contributed by atoms with E-state index in [-0.39, 0.29) is 17.3 Å². The first-order valence-corrected chi connectivity index (χ1v) is 15.2. The number of nitrogens with zero attached hydrogens (tertiary/aromatic N) is 2. The Balaban J connectivity index is 2.10. The van der Waals surface area contributed by atoms with Crippen molar-refractivity contribution in [1.29, 1.82) is 0 Å². The van der Waals surface area contributed by atoms with Crippen molar-refractivity contribution in [2.24, 2.45) is 0 Å². The number of amides is 2. The molecule has 3 aromatic carbocycles. The van der Waals surface area contributed by atoms with Gasteiger partial charge in [0.1, 0.15) is 12.6 Å². The van der Waals surface area contributed by atoms with E-state index in [9.17, 15) is 18.0 Å². The standard InChI is InChI=1S/C30H35Cl2N3O4S/c1-6-16-33-30(37)23(5)34(18-25-26(31)8-7-9-27(25)32)29(36)19-35(28-17-21(3)10-13-22(28)4)40(38,39)24-14-11-20(2)12-15-24/h7-15,17,23H,6,16,18-19H2,1-5H3,(H,33,37)/t23-/m1/s1. The largest absolute Gasteiger partial charge is 0.354 e. The lowest BCUT2D eigenvalue weighted by atomic mass is 10.1. The highest BCUT2D eigenvalue weighted by Crippen LogP contribution is 2.30. The molecule has 0 aliphatic rings. The zero-order valence-corrected chi connectivity index (χ0v) is 25.7. The van der Waals surface area contributed by atoms with Gasteiger partial charge in [-0.05, 0) is 75.6 Å². The van der Waals surface area contributed by atoms with E-state index in [0.29, 0.717) is 33.4 Å². The van der Waals surface area contributed by atoms with Gasteiger partial charge in [-0.15, -0.1) is 0 Å². The summed E-state index contributed by atoms with van der Waals surface area (Å²) in [4.78, 5) is 28.4. The molecule has 7 nitrogen and oxygen atoms in total. The first-order chi connectivity index (χ1) is 18.9. The van der Waals surface area contributed by atoms with Crippen LogP contribution in [0.4, 0.5) is 5.69 Å². The lowest BCUT2D eigenvalue weighted by molar-refractivity contribution is -0.139. The maximum Gasteiger partial charge on any atom is 0.264 e. The van der Waals surface area contributed by atoms with Gasteiger partial charge in [0.05, 0.1) is 10.6 Å². The van der Waals surface area contributed by atoms with Crippen LogP contribution in [0.2, 0.25) is 10.0 Å². The Morgan fingerprint density at radius 3 is 2.12 bits per heavy atom. The number of hydrogen-bond acceptors (Lipinski definition) is 4. The predicted molar refractivity (Wildman–Crippen MR) is 161 cm³/mol. The molecule has 40 heavy (non-hydrogen) atoms. The molecule has 0 aliphatic heterocycles. The van der Waals surface area contributed by atoms with Crippen molar-refractivity contribution in [2.75, 3.05) is 17.4 Å². The molecular formula is C30H35Cl2N3O4S. The normalized spacial score (nSPS) is 12.1. The van der Waals surface area contributed by atoms with Crippen molar-refractivity contribution in [1.82, 2.24) is 10.2 Å². The van der Waals surface area contributed by atoms with Crippen molar-refractivity contribution in [3.63, 3.8) is 0 Å². The van der Waals surface area contributed by atoms with Gasteiger partial charge in [-0.1, -0.05) is 66.0 Å². The van der Waals surface area contributed by atoms with Gasteiger partial charge in [0.25, 0.3) is 10.0 Å². The van der Waals surface area contributed by atoms with Crippen molar-refractivity contribution in [2.45, 2.75) is 58.5 Å². The summed E-state index contributed by atoms with van der Waals surface area (Å²) in [6.07, 6.45) is 0.720. The van der Waals surface area contributed by atoms with Gasteiger partial charge >= 0.3 is 0 Å². The van der Waals surface area contributed by atoms with E-state index in [4.69, 9.17) is 23.2 Å². The second kappa shape index (κ2) is 13.5. The van der Waals surface area contributed by atoms with Crippen LogP contribution in [-0.2, 0) is 26.2 Å². The highest BCUT2D eigenvalue weighted by Gasteiger charge is 2.33. The summed E-state index contributed by atoms with van der Waals surface area (Å²) < 4.78 is 29.1. The minimum absolute atomic E-state index is 0.0567. The fourth-order valence-electron chi connectivity index (χ4n) is 4.17. The molecule has 0 heterocycles. The Morgan fingerprint density at radius 1 is 0.925 bits per heavy atom. The number of halogens is 2. The Kier molecular flexibility index (Phi) is 10.6. The van der Waals surface area contributed by atoms with Crippen LogP contribution >= 0.6 is 23.2 Å². The minimum Gasteiger partial charge on any atom is -0.354 e.